The standard InChI is InChI=1S/C21H15ClN6O3S/c1-12-2-5-14(6-3-12)32(29,30)28-11-16(17-9-24-10-19(22)25-17)15-8-13(4-7-18(15)28)20-26-27-21(23)31-20/h2-11H,1H3,(H2,23,27). The Morgan fingerprint density at radius 1 is 1.06 bits per heavy atom. The number of nitrogens with zero attached hydrogens (tertiary/aromatic N) is 5. The van der Waals surface area contributed by atoms with Crippen molar-refractivity contribution in [3.63, 3.8) is 0 Å². The van der Waals surface area contributed by atoms with Gasteiger partial charge in [0.2, 0.25) is 5.89 Å². The molecule has 0 aliphatic carbocycles. The molecule has 0 atom stereocenters. The summed E-state index contributed by atoms with van der Waals surface area (Å²) in [6, 6.07) is 11.7. The van der Waals surface area contributed by atoms with E-state index in [0.29, 0.717) is 27.7 Å². The Balaban J connectivity index is 1.78. The van der Waals surface area contributed by atoms with Gasteiger partial charge in [-0.05, 0) is 37.3 Å². The number of rotatable bonds is 4. The first kappa shape index (κ1) is 20.2. The molecule has 9 nitrogen and oxygen atoms in total. The van der Waals surface area contributed by atoms with Crippen LogP contribution in [-0.4, -0.2) is 32.6 Å². The van der Waals surface area contributed by atoms with Gasteiger partial charge in [0, 0.05) is 22.7 Å². The van der Waals surface area contributed by atoms with Gasteiger partial charge in [-0.25, -0.2) is 17.4 Å². The van der Waals surface area contributed by atoms with Gasteiger partial charge in [0.25, 0.3) is 10.0 Å². The molecular weight excluding hydrogens is 452 g/mol. The minimum atomic E-state index is -3.89. The van der Waals surface area contributed by atoms with Crippen LogP contribution in [0.4, 0.5) is 6.01 Å². The second-order valence-electron chi connectivity index (χ2n) is 7.06. The number of fused-ring (bicyclic) bond motifs is 1. The first-order valence-corrected chi connectivity index (χ1v) is 11.2. The molecule has 0 saturated heterocycles. The number of nitrogens with two attached hydrogens (primary N) is 1. The second-order valence-corrected chi connectivity index (χ2v) is 9.26. The van der Waals surface area contributed by atoms with Crippen molar-refractivity contribution in [3.8, 4) is 22.7 Å². The molecule has 0 bridgehead atoms. The predicted molar refractivity (Wildman–Crippen MR) is 119 cm³/mol. The summed E-state index contributed by atoms with van der Waals surface area (Å²) in [7, 11) is -3.89. The highest BCUT2D eigenvalue weighted by atomic mass is 35.5. The van der Waals surface area contributed by atoms with Crippen molar-refractivity contribution >= 4 is 38.5 Å². The van der Waals surface area contributed by atoms with Gasteiger partial charge in [0.05, 0.1) is 28.5 Å². The van der Waals surface area contributed by atoms with Crippen molar-refractivity contribution in [2.75, 3.05) is 5.73 Å². The fourth-order valence-electron chi connectivity index (χ4n) is 3.38. The molecule has 0 amide bonds. The first-order valence-electron chi connectivity index (χ1n) is 9.37. The molecule has 0 radical (unpaired) electrons. The zero-order chi connectivity index (χ0) is 22.5. The molecule has 0 unspecified atom stereocenters. The number of anilines is 1. The molecule has 0 spiro atoms. The molecule has 0 fully saturated rings. The van der Waals surface area contributed by atoms with Crippen LogP contribution in [0.1, 0.15) is 5.56 Å². The molecule has 11 heteroatoms. The number of hydrogen-bond acceptors (Lipinski definition) is 8. The van der Waals surface area contributed by atoms with E-state index in [1.54, 1.807) is 42.5 Å². The van der Waals surface area contributed by atoms with Crippen LogP contribution in [0.3, 0.4) is 0 Å². The van der Waals surface area contributed by atoms with Crippen molar-refractivity contribution in [1.82, 2.24) is 24.1 Å². The summed E-state index contributed by atoms with van der Waals surface area (Å²) < 4.78 is 33.5. The maximum atomic E-state index is 13.5. The van der Waals surface area contributed by atoms with E-state index < -0.39 is 10.0 Å². The Bertz CT molecular complexity index is 1580. The molecule has 32 heavy (non-hydrogen) atoms. The van der Waals surface area contributed by atoms with Gasteiger partial charge in [-0.1, -0.05) is 34.4 Å². The lowest BCUT2D eigenvalue weighted by Gasteiger charge is -2.08. The maximum Gasteiger partial charge on any atom is 0.313 e. The molecule has 3 aromatic heterocycles. The van der Waals surface area contributed by atoms with Crippen molar-refractivity contribution in [2.45, 2.75) is 11.8 Å². The largest absolute Gasteiger partial charge is 0.404 e. The van der Waals surface area contributed by atoms with E-state index in [1.807, 2.05) is 6.92 Å². The molecule has 0 saturated carbocycles. The molecule has 3 heterocycles. The normalized spacial score (nSPS) is 11.8. The molecule has 160 valence electrons. The van der Waals surface area contributed by atoms with Crippen LogP contribution in [0, 0.1) is 6.92 Å². The molecule has 0 aliphatic heterocycles. The lowest BCUT2D eigenvalue weighted by Crippen LogP contribution is -2.11. The molecule has 5 aromatic rings. The molecule has 2 aromatic carbocycles. The predicted octanol–water partition coefficient (Wildman–Crippen LogP) is 3.93. The summed E-state index contributed by atoms with van der Waals surface area (Å²) in [5.74, 6) is 0.210. The maximum absolute atomic E-state index is 13.5. The van der Waals surface area contributed by atoms with Crippen LogP contribution in [0.15, 0.2) is 70.4 Å². The Morgan fingerprint density at radius 2 is 1.84 bits per heavy atom. The van der Waals surface area contributed by atoms with Crippen molar-refractivity contribution in [1.29, 1.82) is 0 Å². The Hall–Kier alpha value is -3.76. The minimum absolute atomic E-state index is 0.0689. The van der Waals surface area contributed by atoms with E-state index in [-0.39, 0.29) is 22.0 Å². The summed E-state index contributed by atoms with van der Waals surface area (Å²) in [5, 5.41) is 8.36. The molecule has 2 N–H and O–H groups in total. The minimum Gasteiger partial charge on any atom is -0.404 e. The highest BCUT2D eigenvalue weighted by molar-refractivity contribution is 7.90. The van der Waals surface area contributed by atoms with E-state index in [4.69, 9.17) is 21.8 Å². The third-order valence-corrected chi connectivity index (χ3v) is 6.79. The van der Waals surface area contributed by atoms with Gasteiger partial charge in [0.15, 0.2) is 0 Å². The average molecular weight is 467 g/mol. The van der Waals surface area contributed by atoms with E-state index >= 15 is 0 Å². The summed E-state index contributed by atoms with van der Waals surface area (Å²) in [6.07, 6.45) is 4.42. The topological polar surface area (TPSA) is 130 Å². The highest BCUT2D eigenvalue weighted by Crippen LogP contribution is 2.35. The number of benzene rings is 2. The van der Waals surface area contributed by atoms with Crippen molar-refractivity contribution in [2.24, 2.45) is 0 Å². The average Bonchev–Trinajstić information content (AvgIpc) is 3.38. The third kappa shape index (κ3) is 3.39. The Kier molecular flexibility index (Phi) is 4.68. The number of halogens is 1. The third-order valence-electron chi connectivity index (χ3n) is 4.92. The smallest absolute Gasteiger partial charge is 0.313 e. The summed E-state index contributed by atoms with van der Waals surface area (Å²) in [5.41, 5.74) is 8.47. The van der Waals surface area contributed by atoms with Crippen molar-refractivity contribution < 1.29 is 12.8 Å². The van der Waals surface area contributed by atoms with Crippen molar-refractivity contribution in [3.05, 3.63) is 71.8 Å². The second kappa shape index (κ2) is 7.43. The highest BCUT2D eigenvalue weighted by Gasteiger charge is 2.23. The van der Waals surface area contributed by atoms with Gasteiger partial charge < -0.3 is 10.2 Å². The number of hydrogen-bond donors (Lipinski definition) is 1. The Morgan fingerprint density at radius 3 is 2.53 bits per heavy atom. The quantitative estimate of drug-likeness (QED) is 0.421. The summed E-state index contributed by atoms with van der Waals surface area (Å²) in [6.45, 7) is 1.89. The van der Waals surface area contributed by atoms with Crippen LogP contribution < -0.4 is 5.73 Å². The van der Waals surface area contributed by atoms with E-state index in [9.17, 15) is 8.42 Å². The van der Waals surface area contributed by atoms with E-state index in [0.717, 1.165) is 5.56 Å². The van der Waals surface area contributed by atoms with E-state index in [1.165, 1.54) is 22.6 Å². The van der Waals surface area contributed by atoms with Gasteiger partial charge in [0.1, 0.15) is 5.15 Å². The summed E-state index contributed by atoms with van der Waals surface area (Å²) in [4.78, 5) is 8.55. The SMILES string of the molecule is Cc1ccc(S(=O)(=O)n2cc(-c3cncc(Cl)n3)c3cc(-c4nnc(N)o4)ccc32)cc1. The zero-order valence-electron chi connectivity index (χ0n) is 16.6. The van der Waals surface area contributed by atoms with Gasteiger partial charge in [-0.2, -0.15) is 0 Å². The Labute approximate surface area is 187 Å². The van der Waals surface area contributed by atoms with Gasteiger partial charge in [-0.3, -0.25) is 4.98 Å². The first-order chi connectivity index (χ1) is 15.3. The summed E-state index contributed by atoms with van der Waals surface area (Å²) >= 11 is 6.04. The fourth-order valence-corrected chi connectivity index (χ4v) is 4.90. The van der Waals surface area contributed by atoms with Crippen LogP contribution >= 0.6 is 11.6 Å². The van der Waals surface area contributed by atoms with Gasteiger partial charge >= 0.3 is 6.01 Å². The monoisotopic (exact) mass is 466 g/mol. The van der Waals surface area contributed by atoms with Gasteiger partial charge in [-0.15, -0.1) is 5.10 Å². The van der Waals surface area contributed by atoms with Crippen LogP contribution in [0.5, 0.6) is 0 Å². The molecule has 5 rings (SSSR count). The lowest BCUT2D eigenvalue weighted by molar-refractivity contribution is 0.589. The zero-order valence-corrected chi connectivity index (χ0v) is 18.2. The number of aryl methyl sites for hydroxylation is 1. The molecule has 0 aliphatic rings. The number of aromatic nitrogens is 5. The van der Waals surface area contributed by atoms with Crippen LogP contribution in [0.25, 0.3) is 33.6 Å². The van der Waals surface area contributed by atoms with Crippen LogP contribution in [-0.2, 0) is 10.0 Å². The fraction of sp³-hybridized carbons (Fsp3) is 0.0476. The number of nitrogen functional groups attached to an aromatic ring is 1. The molecular formula is C21H15ClN6O3S. The van der Waals surface area contributed by atoms with E-state index in [2.05, 4.69) is 20.2 Å². The lowest BCUT2D eigenvalue weighted by atomic mass is 10.1. The van der Waals surface area contributed by atoms with Crippen LogP contribution in [0.2, 0.25) is 5.15 Å².